The Balaban J connectivity index is 1.65. The van der Waals surface area contributed by atoms with Gasteiger partial charge in [-0.3, -0.25) is 9.88 Å². The molecule has 0 atom stereocenters. The number of benzene rings is 1. The first-order chi connectivity index (χ1) is 10.3. The Bertz CT molecular complexity index is 595. The van der Waals surface area contributed by atoms with Crippen LogP contribution in [0.25, 0.3) is 0 Å². The van der Waals surface area contributed by atoms with Crippen LogP contribution in [0, 0.1) is 0 Å². The molecule has 0 unspecified atom stereocenters. The second-order valence-electron chi connectivity index (χ2n) is 5.69. The van der Waals surface area contributed by atoms with Crippen molar-refractivity contribution in [2.45, 2.75) is 32.9 Å². The molecule has 1 aromatic carbocycles. The molecule has 0 spiro atoms. The van der Waals surface area contributed by atoms with Gasteiger partial charge in [-0.2, -0.15) is 0 Å². The van der Waals surface area contributed by atoms with Gasteiger partial charge in [0, 0.05) is 38.1 Å². The molecule has 110 valence electrons. The van der Waals surface area contributed by atoms with Gasteiger partial charge in [0.15, 0.2) is 0 Å². The fourth-order valence-corrected chi connectivity index (χ4v) is 2.86. The van der Waals surface area contributed by atoms with Crippen LogP contribution in [0.2, 0.25) is 0 Å². The lowest BCUT2D eigenvalue weighted by molar-refractivity contribution is 0.243. The average Bonchev–Trinajstić information content (AvgIpc) is 2.53. The molecule has 2 aromatic rings. The lowest BCUT2D eigenvalue weighted by Crippen LogP contribution is -2.30. The van der Waals surface area contributed by atoms with Crippen LogP contribution in [0.4, 0.5) is 5.69 Å². The third-order valence-corrected chi connectivity index (χ3v) is 3.99. The quantitative estimate of drug-likeness (QED) is 0.909. The molecule has 0 radical (unpaired) electrons. The fourth-order valence-electron chi connectivity index (χ4n) is 2.86. The molecule has 1 aromatic heterocycles. The van der Waals surface area contributed by atoms with Crippen molar-refractivity contribution >= 4 is 5.69 Å². The summed E-state index contributed by atoms with van der Waals surface area (Å²) < 4.78 is 0. The highest BCUT2D eigenvalue weighted by molar-refractivity contribution is 5.43. The SMILES string of the molecule is CCCNc1ccnc(CN2CCc3ccccc3C2)c1. The van der Waals surface area contributed by atoms with Crippen molar-refractivity contribution in [2.75, 3.05) is 18.4 Å². The van der Waals surface area contributed by atoms with Crippen molar-refractivity contribution in [3.8, 4) is 0 Å². The first-order valence-electron chi connectivity index (χ1n) is 7.83. The molecule has 3 heteroatoms. The maximum absolute atomic E-state index is 4.52. The largest absolute Gasteiger partial charge is 0.385 e. The van der Waals surface area contributed by atoms with Gasteiger partial charge in [-0.25, -0.2) is 0 Å². The molecule has 3 nitrogen and oxygen atoms in total. The van der Waals surface area contributed by atoms with Crippen molar-refractivity contribution < 1.29 is 0 Å². The van der Waals surface area contributed by atoms with Crippen LogP contribution in [0.3, 0.4) is 0 Å². The summed E-state index contributed by atoms with van der Waals surface area (Å²) >= 11 is 0. The van der Waals surface area contributed by atoms with Crippen LogP contribution in [0.1, 0.15) is 30.2 Å². The van der Waals surface area contributed by atoms with E-state index in [0.29, 0.717) is 0 Å². The van der Waals surface area contributed by atoms with Gasteiger partial charge in [0.1, 0.15) is 0 Å². The highest BCUT2D eigenvalue weighted by Crippen LogP contribution is 2.20. The average molecular weight is 281 g/mol. The summed E-state index contributed by atoms with van der Waals surface area (Å²) in [7, 11) is 0. The van der Waals surface area contributed by atoms with E-state index >= 15 is 0 Å². The van der Waals surface area contributed by atoms with Crippen molar-refractivity contribution in [3.63, 3.8) is 0 Å². The summed E-state index contributed by atoms with van der Waals surface area (Å²) in [6.07, 6.45) is 4.19. The Morgan fingerprint density at radius 2 is 2.05 bits per heavy atom. The lowest BCUT2D eigenvalue weighted by Gasteiger charge is -2.28. The number of rotatable bonds is 5. The van der Waals surface area contributed by atoms with E-state index in [0.717, 1.165) is 44.7 Å². The topological polar surface area (TPSA) is 28.2 Å². The van der Waals surface area contributed by atoms with E-state index in [-0.39, 0.29) is 0 Å². The van der Waals surface area contributed by atoms with Gasteiger partial charge in [0.25, 0.3) is 0 Å². The molecule has 0 saturated carbocycles. The van der Waals surface area contributed by atoms with E-state index in [1.165, 1.54) is 16.8 Å². The second-order valence-corrected chi connectivity index (χ2v) is 5.69. The zero-order chi connectivity index (χ0) is 14.5. The molecule has 0 bridgehead atoms. The molecule has 3 rings (SSSR count). The summed E-state index contributed by atoms with van der Waals surface area (Å²) in [5, 5.41) is 3.43. The zero-order valence-corrected chi connectivity index (χ0v) is 12.7. The van der Waals surface area contributed by atoms with E-state index in [2.05, 4.69) is 52.5 Å². The summed E-state index contributed by atoms with van der Waals surface area (Å²) in [6.45, 7) is 6.27. The Morgan fingerprint density at radius 3 is 2.90 bits per heavy atom. The maximum atomic E-state index is 4.52. The van der Waals surface area contributed by atoms with Crippen molar-refractivity contribution in [1.29, 1.82) is 0 Å². The summed E-state index contributed by atoms with van der Waals surface area (Å²) in [5.74, 6) is 0. The van der Waals surface area contributed by atoms with Crippen LogP contribution < -0.4 is 5.32 Å². The molecule has 0 aliphatic carbocycles. The van der Waals surface area contributed by atoms with Crippen LogP contribution in [0.5, 0.6) is 0 Å². The fraction of sp³-hybridized carbons (Fsp3) is 0.389. The number of anilines is 1. The van der Waals surface area contributed by atoms with Gasteiger partial charge in [-0.1, -0.05) is 31.2 Å². The molecular weight excluding hydrogens is 258 g/mol. The van der Waals surface area contributed by atoms with Gasteiger partial charge in [0.2, 0.25) is 0 Å². The molecule has 0 amide bonds. The number of pyridine rings is 1. The highest BCUT2D eigenvalue weighted by Gasteiger charge is 2.16. The van der Waals surface area contributed by atoms with Crippen molar-refractivity contribution in [1.82, 2.24) is 9.88 Å². The maximum Gasteiger partial charge on any atom is 0.0564 e. The minimum atomic E-state index is 0.927. The Kier molecular flexibility index (Phi) is 4.51. The van der Waals surface area contributed by atoms with E-state index < -0.39 is 0 Å². The van der Waals surface area contributed by atoms with Crippen molar-refractivity contribution in [3.05, 3.63) is 59.4 Å². The molecule has 0 saturated heterocycles. The van der Waals surface area contributed by atoms with Gasteiger partial charge in [-0.15, -0.1) is 0 Å². The van der Waals surface area contributed by atoms with Crippen molar-refractivity contribution in [2.24, 2.45) is 0 Å². The minimum absolute atomic E-state index is 0.927. The van der Waals surface area contributed by atoms with Crippen LogP contribution in [-0.2, 0) is 19.5 Å². The van der Waals surface area contributed by atoms with Crippen LogP contribution in [-0.4, -0.2) is 23.0 Å². The molecular formula is C18H23N3. The second kappa shape index (κ2) is 6.72. The summed E-state index contributed by atoms with van der Waals surface area (Å²) in [5.41, 5.74) is 5.29. The predicted octanol–water partition coefficient (Wildman–Crippen LogP) is 3.46. The van der Waals surface area contributed by atoms with E-state index in [1.54, 1.807) is 0 Å². The monoisotopic (exact) mass is 281 g/mol. The van der Waals surface area contributed by atoms with Crippen LogP contribution >= 0.6 is 0 Å². The number of nitrogens with zero attached hydrogens (tertiary/aromatic N) is 2. The minimum Gasteiger partial charge on any atom is -0.385 e. The number of hydrogen-bond donors (Lipinski definition) is 1. The molecule has 1 N–H and O–H groups in total. The van der Waals surface area contributed by atoms with E-state index in [9.17, 15) is 0 Å². The third kappa shape index (κ3) is 3.61. The van der Waals surface area contributed by atoms with Gasteiger partial charge >= 0.3 is 0 Å². The molecule has 0 fully saturated rings. The predicted molar refractivity (Wildman–Crippen MR) is 87.3 cm³/mol. The molecule has 21 heavy (non-hydrogen) atoms. The number of aromatic nitrogens is 1. The normalized spacial score (nSPS) is 14.7. The van der Waals surface area contributed by atoms with E-state index in [1.807, 2.05) is 12.3 Å². The smallest absolute Gasteiger partial charge is 0.0564 e. The number of fused-ring (bicyclic) bond motifs is 1. The first kappa shape index (κ1) is 14.1. The standard InChI is InChI=1S/C18H23N3/c1-2-9-19-17-7-10-20-18(12-17)14-21-11-8-15-5-3-4-6-16(15)13-21/h3-7,10,12H,2,8-9,11,13-14H2,1H3,(H,19,20). The summed E-state index contributed by atoms with van der Waals surface area (Å²) in [4.78, 5) is 7.00. The Hall–Kier alpha value is -1.87. The zero-order valence-electron chi connectivity index (χ0n) is 12.7. The van der Waals surface area contributed by atoms with Gasteiger partial charge < -0.3 is 5.32 Å². The lowest BCUT2D eigenvalue weighted by atomic mass is 10.00. The van der Waals surface area contributed by atoms with Crippen LogP contribution in [0.15, 0.2) is 42.6 Å². The number of nitrogens with one attached hydrogen (secondary N) is 1. The summed E-state index contributed by atoms with van der Waals surface area (Å²) in [6, 6.07) is 13.0. The number of hydrogen-bond acceptors (Lipinski definition) is 3. The highest BCUT2D eigenvalue weighted by atomic mass is 15.1. The molecule has 1 aliphatic heterocycles. The first-order valence-corrected chi connectivity index (χ1v) is 7.83. The third-order valence-electron chi connectivity index (χ3n) is 3.99. The Labute approximate surface area is 127 Å². The van der Waals surface area contributed by atoms with Gasteiger partial charge in [0.05, 0.1) is 5.69 Å². The van der Waals surface area contributed by atoms with Gasteiger partial charge in [-0.05, 0) is 36.1 Å². The molecule has 1 aliphatic rings. The molecule has 2 heterocycles. The van der Waals surface area contributed by atoms with E-state index in [4.69, 9.17) is 0 Å². The Morgan fingerprint density at radius 1 is 1.19 bits per heavy atom.